The molecule has 0 aliphatic carbocycles. The van der Waals surface area contributed by atoms with Gasteiger partial charge >= 0.3 is 0 Å². The average molecular weight is 529 g/mol. The molecule has 3 N–H and O–H groups in total. The number of fused-ring (bicyclic) bond motifs is 2. The van der Waals surface area contributed by atoms with Crippen LogP contribution in [-0.4, -0.2) is 75.3 Å². The molecule has 0 unspecified atom stereocenters. The first kappa shape index (κ1) is 25.8. The van der Waals surface area contributed by atoms with E-state index >= 15 is 4.39 Å². The Morgan fingerprint density at radius 2 is 2.00 bits per heavy atom. The molecule has 10 nitrogen and oxygen atoms in total. The number of nitrogens with zero attached hydrogens (tertiary/aromatic N) is 7. The molecule has 0 saturated heterocycles. The van der Waals surface area contributed by atoms with Gasteiger partial charge in [0.25, 0.3) is 0 Å². The third-order valence-corrected chi connectivity index (χ3v) is 6.02. The van der Waals surface area contributed by atoms with Crippen molar-refractivity contribution in [2.24, 2.45) is 9.98 Å². The van der Waals surface area contributed by atoms with E-state index in [2.05, 4.69) is 47.2 Å². The molecule has 5 aromatic rings. The number of benzene rings is 1. The van der Waals surface area contributed by atoms with Crippen molar-refractivity contribution in [3.8, 4) is 22.8 Å². The SMILES string of the molecule is C=NC=N/C=C(\C)c1ncc2[nH]nc(-c3nc4c(-c5cc(F)cc(NCCN(C)C)c5)nccc4[nH]3)c2c1F. The highest BCUT2D eigenvalue weighted by Crippen LogP contribution is 2.33. The molecule has 4 aromatic heterocycles. The lowest BCUT2D eigenvalue weighted by atomic mass is 10.1. The zero-order valence-electron chi connectivity index (χ0n) is 21.6. The van der Waals surface area contributed by atoms with Gasteiger partial charge in [-0.25, -0.2) is 18.8 Å². The van der Waals surface area contributed by atoms with Crippen LogP contribution in [0.2, 0.25) is 0 Å². The van der Waals surface area contributed by atoms with Crippen LogP contribution in [0.15, 0.2) is 52.8 Å². The van der Waals surface area contributed by atoms with E-state index in [-0.39, 0.29) is 16.8 Å². The van der Waals surface area contributed by atoms with Gasteiger partial charge in [0.15, 0.2) is 11.6 Å². The van der Waals surface area contributed by atoms with Crippen molar-refractivity contribution in [3.05, 3.63) is 60.2 Å². The number of H-pyrrole nitrogens is 2. The number of pyridine rings is 2. The summed E-state index contributed by atoms with van der Waals surface area (Å²) < 4.78 is 30.2. The molecule has 0 amide bonds. The van der Waals surface area contributed by atoms with E-state index in [1.165, 1.54) is 30.9 Å². The molecule has 1 aromatic carbocycles. The monoisotopic (exact) mass is 528 g/mol. The third kappa shape index (κ3) is 5.27. The van der Waals surface area contributed by atoms with Crippen LogP contribution in [0.1, 0.15) is 12.6 Å². The zero-order chi connectivity index (χ0) is 27.5. The maximum atomic E-state index is 15.7. The molecule has 198 valence electrons. The highest BCUT2D eigenvalue weighted by Gasteiger charge is 2.21. The van der Waals surface area contributed by atoms with E-state index in [9.17, 15) is 4.39 Å². The van der Waals surface area contributed by atoms with Gasteiger partial charge in [0.1, 0.15) is 29.1 Å². The number of hydrogen-bond acceptors (Lipinski definition) is 7. The molecule has 0 atom stereocenters. The lowest BCUT2D eigenvalue weighted by molar-refractivity contribution is 0.425. The second-order valence-corrected chi connectivity index (χ2v) is 9.14. The Morgan fingerprint density at radius 3 is 2.79 bits per heavy atom. The highest BCUT2D eigenvalue weighted by molar-refractivity contribution is 5.97. The largest absolute Gasteiger partial charge is 0.384 e. The van der Waals surface area contributed by atoms with Gasteiger partial charge < -0.3 is 15.2 Å². The van der Waals surface area contributed by atoms with Crippen LogP contribution in [0.3, 0.4) is 0 Å². The molecule has 0 aliphatic rings. The number of hydrogen-bond donors (Lipinski definition) is 3. The van der Waals surface area contributed by atoms with Crippen LogP contribution in [0, 0.1) is 11.6 Å². The summed E-state index contributed by atoms with van der Waals surface area (Å²) in [6.07, 6.45) is 5.82. The van der Waals surface area contributed by atoms with E-state index in [4.69, 9.17) is 4.98 Å². The predicted molar refractivity (Wildman–Crippen MR) is 151 cm³/mol. The van der Waals surface area contributed by atoms with E-state index in [0.29, 0.717) is 51.4 Å². The first-order valence-corrected chi connectivity index (χ1v) is 12.1. The van der Waals surface area contributed by atoms with Crippen LogP contribution in [0.5, 0.6) is 0 Å². The Hall–Kier alpha value is -4.84. The van der Waals surface area contributed by atoms with E-state index in [1.807, 2.05) is 25.1 Å². The number of aromatic nitrogens is 6. The maximum absolute atomic E-state index is 15.7. The van der Waals surface area contributed by atoms with Crippen molar-refractivity contribution in [1.82, 2.24) is 35.0 Å². The zero-order valence-corrected chi connectivity index (χ0v) is 21.6. The molecular formula is C27H26F2N10. The number of rotatable bonds is 9. The molecule has 0 aliphatic heterocycles. The van der Waals surface area contributed by atoms with Crippen LogP contribution in [0.4, 0.5) is 14.5 Å². The summed E-state index contributed by atoms with van der Waals surface area (Å²) in [6.45, 7) is 6.47. The van der Waals surface area contributed by atoms with Gasteiger partial charge in [0.05, 0.1) is 28.3 Å². The van der Waals surface area contributed by atoms with Crippen LogP contribution >= 0.6 is 0 Å². The molecule has 0 bridgehead atoms. The molecule has 5 rings (SSSR count). The predicted octanol–water partition coefficient (Wildman–Crippen LogP) is 4.90. The first-order chi connectivity index (χ1) is 18.9. The standard InChI is InChI=1S/C27H26F2N10/c1-15(12-31-14-30-2)23-22(29)21-20(13-34-23)37-38-26(21)27-35-19-5-6-33-24(25(19)36-27)16-9-17(28)11-18(10-16)32-7-8-39(3)4/h5-6,9-14,32H,2,7-8H2,1,3-4H3,(H,35,36)(H,37,38)/b15-12+,31-14?. The Kier molecular flexibility index (Phi) is 7.19. The van der Waals surface area contributed by atoms with E-state index in [0.717, 1.165) is 6.54 Å². The molecule has 12 heteroatoms. The Balaban J connectivity index is 1.57. The van der Waals surface area contributed by atoms with Crippen LogP contribution in [-0.2, 0) is 0 Å². The van der Waals surface area contributed by atoms with Crippen molar-refractivity contribution >= 4 is 46.3 Å². The summed E-state index contributed by atoms with van der Waals surface area (Å²) in [6, 6.07) is 6.43. The van der Waals surface area contributed by atoms with Gasteiger partial charge in [0, 0.05) is 36.7 Å². The van der Waals surface area contributed by atoms with Crippen molar-refractivity contribution in [1.29, 1.82) is 0 Å². The fourth-order valence-corrected chi connectivity index (χ4v) is 4.19. The molecule has 0 fully saturated rings. The summed E-state index contributed by atoms with van der Waals surface area (Å²) in [4.78, 5) is 26.1. The minimum absolute atomic E-state index is 0.124. The molecular weight excluding hydrogens is 502 g/mol. The number of anilines is 1. The third-order valence-electron chi connectivity index (χ3n) is 6.02. The van der Waals surface area contributed by atoms with Gasteiger partial charge in [-0.15, -0.1) is 0 Å². The lowest BCUT2D eigenvalue weighted by Crippen LogP contribution is -2.20. The normalized spacial score (nSPS) is 12.3. The van der Waals surface area contributed by atoms with Gasteiger partial charge in [-0.05, 0) is 57.6 Å². The summed E-state index contributed by atoms with van der Waals surface area (Å²) >= 11 is 0. The topological polar surface area (TPSA) is 123 Å². The average Bonchev–Trinajstić information content (AvgIpc) is 3.53. The maximum Gasteiger partial charge on any atom is 0.160 e. The number of aromatic amines is 2. The fraction of sp³-hybridized carbons (Fsp3) is 0.185. The fourth-order valence-electron chi connectivity index (χ4n) is 4.19. The lowest BCUT2D eigenvalue weighted by Gasteiger charge is -2.12. The summed E-state index contributed by atoms with van der Waals surface area (Å²) in [7, 11) is 3.94. The van der Waals surface area contributed by atoms with Gasteiger partial charge in [0.2, 0.25) is 0 Å². The van der Waals surface area contributed by atoms with Crippen molar-refractivity contribution in [2.75, 3.05) is 32.5 Å². The quantitative estimate of drug-likeness (QED) is 0.185. The number of halogens is 2. The number of allylic oxidation sites excluding steroid dienone is 1. The molecule has 0 spiro atoms. The Morgan fingerprint density at radius 1 is 1.15 bits per heavy atom. The van der Waals surface area contributed by atoms with Crippen LogP contribution < -0.4 is 5.32 Å². The second-order valence-electron chi connectivity index (χ2n) is 9.14. The summed E-state index contributed by atoms with van der Waals surface area (Å²) in [5, 5.41) is 10.6. The number of imidazole rings is 1. The van der Waals surface area contributed by atoms with Crippen molar-refractivity contribution in [2.45, 2.75) is 6.92 Å². The minimum atomic E-state index is -0.566. The smallest absolute Gasteiger partial charge is 0.160 e. The van der Waals surface area contributed by atoms with Gasteiger partial charge in [-0.1, -0.05) is 0 Å². The van der Waals surface area contributed by atoms with Crippen LogP contribution in [0.25, 0.3) is 50.3 Å². The molecule has 4 heterocycles. The Bertz CT molecular complexity index is 1730. The first-order valence-electron chi connectivity index (χ1n) is 12.1. The minimum Gasteiger partial charge on any atom is -0.384 e. The summed E-state index contributed by atoms with van der Waals surface area (Å²) in [5.41, 5.74) is 4.15. The van der Waals surface area contributed by atoms with Gasteiger partial charge in [-0.2, -0.15) is 5.10 Å². The van der Waals surface area contributed by atoms with E-state index < -0.39 is 11.6 Å². The number of likely N-dealkylation sites (N-methyl/N-ethyl adjacent to an activating group) is 1. The Labute approximate surface area is 222 Å². The highest BCUT2D eigenvalue weighted by atomic mass is 19.1. The van der Waals surface area contributed by atoms with Crippen molar-refractivity contribution in [3.63, 3.8) is 0 Å². The molecule has 39 heavy (non-hydrogen) atoms. The van der Waals surface area contributed by atoms with E-state index in [1.54, 1.807) is 19.2 Å². The molecule has 0 radical (unpaired) electrons. The molecule has 0 saturated carbocycles. The van der Waals surface area contributed by atoms with Gasteiger partial charge in [-0.3, -0.25) is 20.1 Å². The second kappa shape index (κ2) is 10.9. The number of aliphatic imine (C=N–C) groups is 2. The summed E-state index contributed by atoms with van der Waals surface area (Å²) in [5.74, 6) is -0.631. The number of nitrogens with one attached hydrogen (secondary N) is 3. The van der Waals surface area contributed by atoms with Crippen molar-refractivity contribution < 1.29 is 8.78 Å².